The lowest BCUT2D eigenvalue weighted by Crippen LogP contribution is -2.35. The number of carbonyl (C=O) groups is 1. The number of nitrogens with zero attached hydrogens (tertiary/aromatic N) is 2. The van der Waals surface area contributed by atoms with Gasteiger partial charge in [0.25, 0.3) is 11.6 Å². The standard InChI is InChI=1S/C19H16N2O5S2/c22-18-17(28-19(27)20(18)11-15-5-2-8-25-15)10-14-6-7-16(26-14)12-3-1-4-13(9-12)21(23)24/h1,3-4,6-7,9-10,15H,2,5,8,11H2. The summed E-state index contributed by atoms with van der Waals surface area (Å²) < 4.78 is 11.9. The summed E-state index contributed by atoms with van der Waals surface area (Å²) in [6.07, 6.45) is 3.62. The molecule has 0 saturated carbocycles. The third kappa shape index (κ3) is 3.87. The van der Waals surface area contributed by atoms with Crippen molar-refractivity contribution < 1.29 is 18.9 Å². The first-order chi connectivity index (χ1) is 13.5. The van der Waals surface area contributed by atoms with Gasteiger partial charge < -0.3 is 9.15 Å². The van der Waals surface area contributed by atoms with Gasteiger partial charge in [0.2, 0.25) is 0 Å². The van der Waals surface area contributed by atoms with Crippen molar-refractivity contribution in [2.45, 2.75) is 18.9 Å². The fourth-order valence-corrected chi connectivity index (χ4v) is 4.39. The van der Waals surface area contributed by atoms with E-state index in [0.29, 0.717) is 32.9 Å². The van der Waals surface area contributed by atoms with Gasteiger partial charge in [-0.2, -0.15) is 0 Å². The minimum Gasteiger partial charge on any atom is -0.457 e. The Labute approximate surface area is 170 Å². The molecule has 1 atom stereocenters. The van der Waals surface area contributed by atoms with Crippen LogP contribution >= 0.6 is 24.0 Å². The van der Waals surface area contributed by atoms with Gasteiger partial charge in [-0.25, -0.2) is 0 Å². The Hall–Kier alpha value is -2.49. The molecule has 1 unspecified atom stereocenters. The van der Waals surface area contributed by atoms with E-state index in [1.54, 1.807) is 35.2 Å². The molecule has 1 amide bonds. The number of furan rings is 1. The SMILES string of the molecule is O=C1C(=Cc2ccc(-c3cccc([N+](=O)[O-])c3)o2)SC(=S)N1CC1CCCO1. The second kappa shape index (κ2) is 7.86. The molecule has 4 rings (SSSR count). The van der Waals surface area contributed by atoms with Crippen molar-refractivity contribution in [3.63, 3.8) is 0 Å². The molecule has 7 nitrogen and oxygen atoms in total. The largest absolute Gasteiger partial charge is 0.457 e. The van der Waals surface area contributed by atoms with Crippen LogP contribution in [-0.2, 0) is 9.53 Å². The molecular formula is C19H16N2O5S2. The summed E-state index contributed by atoms with van der Waals surface area (Å²) in [6.45, 7) is 1.20. The first-order valence-corrected chi connectivity index (χ1v) is 9.95. The number of non-ortho nitro benzene ring substituents is 1. The second-order valence-corrected chi connectivity index (χ2v) is 8.11. The monoisotopic (exact) mass is 416 g/mol. The van der Waals surface area contributed by atoms with Crippen molar-refractivity contribution in [1.29, 1.82) is 0 Å². The van der Waals surface area contributed by atoms with Gasteiger partial charge in [-0.1, -0.05) is 36.1 Å². The Balaban J connectivity index is 1.52. The van der Waals surface area contributed by atoms with Gasteiger partial charge in [-0.3, -0.25) is 19.8 Å². The van der Waals surface area contributed by atoms with Gasteiger partial charge in [-0.05, 0) is 25.0 Å². The van der Waals surface area contributed by atoms with E-state index in [4.69, 9.17) is 21.4 Å². The number of hydrogen-bond donors (Lipinski definition) is 0. The summed E-state index contributed by atoms with van der Waals surface area (Å²) >= 11 is 6.58. The summed E-state index contributed by atoms with van der Waals surface area (Å²) in [5, 5.41) is 10.9. The van der Waals surface area contributed by atoms with Gasteiger partial charge in [0.1, 0.15) is 15.8 Å². The molecule has 2 aliphatic heterocycles. The zero-order chi connectivity index (χ0) is 19.7. The van der Waals surface area contributed by atoms with Crippen molar-refractivity contribution >= 4 is 46.0 Å². The lowest BCUT2D eigenvalue weighted by molar-refractivity contribution is -0.384. The summed E-state index contributed by atoms with van der Waals surface area (Å²) in [4.78, 5) is 25.2. The lowest BCUT2D eigenvalue weighted by Gasteiger charge is -2.18. The van der Waals surface area contributed by atoms with Crippen molar-refractivity contribution in [2.24, 2.45) is 0 Å². The molecule has 3 heterocycles. The highest BCUT2D eigenvalue weighted by Crippen LogP contribution is 2.34. The molecule has 144 valence electrons. The first kappa shape index (κ1) is 18.9. The molecule has 2 saturated heterocycles. The fraction of sp³-hybridized carbons (Fsp3) is 0.263. The average molecular weight is 416 g/mol. The fourth-order valence-electron chi connectivity index (χ4n) is 3.14. The van der Waals surface area contributed by atoms with E-state index in [0.717, 1.165) is 19.4 Å². The summed E-state index contributed by atoms with van der Waals surface area (Å²) in [7, 11) is 0. The predicted molar refractivity (Wildman–Crippen MR) is 110 cm³/mol. The van der Waals surface area contributed by atoms with Crippen molar-refractivity contribution in [2.75, 3.05) is 13.2 Å². The highest BCUT2D eigenvalue weighted by atomic mass is 32.2. The summed E-state index contributed by atoms with van der Waals surface area (Å²) in [5.74, 6) is 0.822. The number of thioether (sulfide) groups is 1. The Morgan fingerprint density at radius 3 is 2.96 bits per heavy atom. The van der Waals surface area contributed by atoms with Gasteiger partial charge in [0.05, 0.1) is 22.5 Å². The Kier molecular flexibility index (Phi) is 5.29. The van der Waals surface area contributed by atoms with Crippen LogP contribution < -0.4 is 0 Å². The number of hydrogen-bond acceptors (Lipinski definition) is 7. The molecule has 0 spiro atoms. The van der Waals surface area contributed by atoms with E-state index in [-0.39, 0.29) is 17.7 Å². The number of thiocarbonyl (C=S) groups is 1. The van der Waals surface area contributed by atoms with Crippen LogP contribution in [0.2, 0.25) is 0 Å². The van der Waals surface area contributed by atoms with Crippen LogP contribution in [0.25, 0.3) is 17.4 Å². The quantitative estimate of drug-likeness (QED) is 0.312. The van der Waals surface area contributed by atoms with Gasteiger partial charge >= 0.3 is 0 Å². The number of carbonyl (C=O) groups excluding carboxylic acids is 1. The average Bonchev–Trinajstić information content (AvgIpc) is 3.41. The van der Waals surface area contributed by atoms with Crippen LogP contribution in [0.4, 0.5) is 5.69 Å². The molecule has 0 aliphatic carbocycles. The molecule has 9 heteroatoms. The molecular weight excluding hydrogens is 400 g/mol. The van der Waals surface area contributed by atoms with Crippen LogP contribution in [0.3, 0.4) is 0 Å². The molecule has 2 aliphatic rings. The minimum atomic E-state index is -0.452. The smallest absolute Gasteiger partial charge is 0.270 e. The van der Waals surface area contributed by atoms with Crippen molar-refractivity contribution in [1.82, 2.24) is 4.90 Å². The van der Waals surface area contributed by atoms with Gasteiger partial charge in [0.15, 0.2) is 0 Å². The topological polar surface area (TPSA) is 85.8 Å². The Morgan fingerprint density at radius 2 is 2.21 bits per heavy atom. The molecule has 28 heavy (non-hydrogen) atoms. The maximum atomic E-state index is 12.7. The van der Waals surface area contributed by atoms with E-state index in [1.165, 1.54) is 23.9 Å². The van der Waals surface area contributed by atoms with Gasteiger partial charge in [-0.15, -0.1) is 0 Å². The minimum absolute atomic E-state index is 0.00884. The number of nitro benzene ring substituents is 1. The number of ether oxygens (including phenoxy) is 1. The third-order valence-corrected chi connectivity index (χ3v) is 5.90. The highest BCUT2D eigenvalue weighted by molar-refractivity contribution is 8.26. The van der Waals surface area contributed by atoms with Crippen LogP contribution in [0.5, 0.6) is 0 Å². The summed E-state index contributed by atoms with van der Waals surface area (Å²) in [6, 6.07) is 9.65. The van der Waals surface area contributed by atoms with E-state index in [9.17, 15) is 14.9 Å². The predicted octanol–water partition coefficient (Wildman–Crippen LogP) is 4.24. The highest BCUT2D eigenvalue weighted by Gasteiger charge is 2.34. The molecule has 1 aromatic carbocycles. The van der Waals surface area contributed by atoms with Crippen LogP contribution in [0.1, 0.15) is 18.6 Å². The Bertz CT molecular complexity index is 978. The first-order valence-electron chi connectivity index (χ1n) is 8.73. The molecule has 2 fully saturated rings. The maximum absolute atomic E-state index is 12.7. The van der Waals surface area contributed by atoms with Crippen molar-refractivity contribution in [3.05, 3.63) is 57.2 Å². The number of nitro groups is 1. The van der Waals surface area contributed by atoms with Gasteiger partial charge in [0, 0.05) is 30.4 Å². The second-order valence-electron chi connectivity index (χ2n) is 6.44. The molecule has 0 bridgehead atoms. The zero-order valence-electron chi connectivity index (χ0n) is 14.7. The van der Waals surface area contributed by atoms with E-state index < -0.39 is 4.92 Å². The zero-order valence-corrected chi connectivity index (χ0v) is 16.3. The van der Waals surface area contributed by atoms with Crippen LogP contribution in [0.15, 0.2) is 45.7 Å². The van der Waals surface area contributed by atoms with E-state index >= 15 is 0 Å². The number of benzene rings is 1. The van der Waals surface area contributed by atoms with E-state index in [2.05, 4.69) is 0 Å². The Morgan fingerprint density at radius 1 is 1.36 bits per heavy atom. The number of amides is 1. The molecule has 0 radical (unpaired) electrons. The third-order valence-electron chi connectivity index (χ3n) is 4.53. The summed E-state index contributed by atoms with van der Waals surface area (Å²) in [5.41, 5.74) is 0.588. The maximum Gasteiger partial charge on any atom is 0.270 e. The van der Waals surface area contributed by atoms with Crippen LogP contribution in [-0.4, -0.2) is 39.3 Å². The van der Waals surface area contributed by atoms with E-state index in [1.807, 2.05) is 0 Å². The molecule has 1 aromatic heterocycles. The number of rotatable bonds is 5. The molecule has 2 aromatic rings. The molecule has 0 N–H and O–H groups in total. The normalized spacial score (nSPS) is 21.1. The van der Waals surface area contributed by atoms with Crippen LogP contribution in [0, 0.1) is 10.1 Å². The van der Waals surface area contributed by atoms with Crippen molar-refractivity contribution in [3.8, 4) is 11.3 Å². The lowest BCUT2D eigenvalue weighted by atomic mass is 10.1.